The third-order valence-corrected chi connectivity index (χ3v) is 6.40. The molecule has 0 amide bonds. The minimum atomic E-state index is -3.66. The van der Waals surface area contributed by atoms with Crippen molar-refractivity contribution in [2.24, 2.45) is 0 Å². The minimum absolute atomic E-state index is 0.249. The molecule has 27 heavy (non-hydrogen) atoms. The second-order valence-electron chi connectivity index (χ2n) is 6.43. The van der Waals surface area contributed by atoms with E-state index in [2.05, 4.69) is 25.8 Å². The average molecular weight is 448 g/mol. The van der Waals surface area contributed by atoms with Gasteiger partial charge in [-0.05, 0) is 55.7 Å². The number of aryl methyl sites for hydroxylation is 2. The maximum absolute atomic E-state index is 12.8. The van der Waals surface area contributed by atoms with Crippen molar-refractivity contribution >= 4 is 31.6 Å². The molecule has 0 aliphatic heterocycles. The van der Waals surface area contributed by atoms with Crippen LogP contribution in [0.1, 0.15) is 29.4 Å². The van der Waals surface area contributed by atoms with Crippen LogP contribution in [0.15, 0.2) is 57.9 Å². The van der Waals surface area contributed by atoms with Crippen molar-refractivity contribution < 1.29 is 8.42 Å². The van der Waals surface area contributed by atoms with Crippen LogP contribution < -0.4 is 4.72 Å². The van der Waals surface area contributed by atoms with E-state index in [-0.39, 0.29) is 4.90 Å². The fraction of sp³-hybridized carbons (Fsp3) is 0.250. The number of rotatable bonds is 6. The van der Waals surface area contributed by atoms with Gasteiger partial charge in [0.05, 0.1) is 28.5 Å². The van der Waals surface area contributed by atoms with Gasteiger partial charge in [0.15, 0.2) is 0 Å². The number of nitrogens with one attached hydrogen (secondary N) is 1. The van der Waals surface area contributed by atoms with Crippen LogP contribution in [0.5, 0.6) is 0 Å². The number of benzene rings is 2. The Labute approximate surface area is 168 Å². The number of anilines is 1. The summed E-state index contributed by atoms with van der Waals surface area (Å²) in [6.07, 6.45) is 0.870. The zero-order chi connectivity index (χ0) is 19.6. The number of hydrogen-bond donors (Lipinski definition) is 1. The molecule has 0 saturated heterocycles. The highest BCUT2D eigenvalue weighted by molar-refractivity contribution is 9.10. The van der Waals surface area contributed by atoms with E-state index in [4.69, 9.17) is 0 Å². The Balaban J connectivity index is 1.86. The van der Waals surface area contributed by atoms with Gasteiger partial charge in [0.25, 0.3) is 10.0 Å². The van der Waals surface area contributed by atoms with Gasteiger partial charge in [0.1, 0.15) is 0 Å². The zero-order valence-corrected chi connectivity index (χ0v) is 17.9. The quantitative estimate of drug-likeness (QED) is 0.596. The molecular weight excluding hydrogens is 426 g/mol. The first-order chi connectivity index (χ1) is 12.8. The molecule has 1 aromatic heterocycles. The summed E-state index contributed by atoms with van der Waals surface area (Å²) in [7, 11) is -3.66. The standard InChI is InChI=1S/C20H22BrN3O2S/c1-4-16-7-11-19(12-8-16)27(25,26)23-20-14(2)22-24(15(20)3)13-17-5-9-18(21)10-6-17/h5-12,23H,4,13H2,1-3H3. The molecule has 7 heteroatoms. The van der Waals surface area contributed by atoms with Gasteiger partial charge in [-0.25, -0.2) is 8.42 Å². The fourth-order valence-corrected chi connectivity index (χ4v) is 4.30. The fourth-order valence-electron chi connectivity index (χ4n) is 2.86. The summed E-state index contributed by atoms with van der Waals surface area (Å²) in [6, 6.07) is 14.9. The van der Waals surface area contributed by atoms with E-state index < -0.39 is 10.0 Å². The SMILES string of the molecule is CCc1ccc(S(=O)(=O)Nc2c(C)nn(Cc3ccc(Br)cc3)c2C)cc1. The summed E-state index contributed by atoms with van der Waals surface area (Å²) >= 11 is 3.43. The Morgan fingerprint density at radius 1 is 1.00 bits per heavy atom. The van der Waals surface area contributed by atoms with E-state index in [9.17, 15) is 8.42 Å². The largest absolute Gasteiger partial charge is 0.276 e. The van der Waals surface area contributed by atoms with E-state index >= 15 is 0 Å². The Hall–Kier alpha value is -2.12. The van der Waals surface area contributed by atoms with Gasteiger partial charge in [-0.1, -0.05) is 47.1 Å². The lowest BCUT2D eigenvalue weighted by Gasteiger charge is -2.10. The number of aromatic nitrogens is 2. The Kier molecular flexibility index (Phi) is 5.72. The summed E-state index contributed by atoms with van der Waals surface area (Å²) in [5.41, 5.74) is 4.16. The van der Waals surface area contributed by atoms with Gasteiger partial charge >= 0.3 is 0 Å². The van der Waals surface area contributed by atoms with Crippen LogP contribution in [-0.2, 0) is 23.0 Å². The summed E-state index contributed by atoms with van der Waals surface area (Å²) in [5, 5.41) is 4.51. The van der Waals surface area contributed by atoms with Crippen molar-refractivity contribution in [3.05, 3.63) is 75.5 Å². The molecule has 0 aliphatic carbocycles. The van der Waals surface area contributed by atoms with Crippen molar-refractivity contribution in [3.8, 4) is 0 Å². The number of hydrogen-bond acceptors (Lipinski definition) is 3. The topological polar surface area (TPSA) is 64.0 Å². The summed E-state index contributed by atoms with van der Waals surface area (Å²) in [6.45, 7) is 6.29. The van der Waals surface area contributed by atoms with E-state index in [1.54, 1.807) is 12.1 Å². The third kappa shape index (κ3) is 4.42. The summed E-state index contributed by atoms with van der Waals surface area (Å²) in [4.78, 5) is 0.249. The first-order valence-corrected chi connectivity index (χ1v) is 11.0. The van der Waals surface area contributed by atoms with Crippen LogP contribution in [0, 0.1) is 13.8 Å². The molecule has 0 spiro atoms. The molecular formula is C20H22BrN3O2S. The molecule has 5 nitrogen and oxygen atoms in total. The van der Waals surface area contributed by atoms with E-state index in [1.807, 2.05) is 61.9 Å². The highest BCUT2D eigenvalue weighted by Gasteiger charge is 2.20. The third-order valence-electron chi connectivity index (χ3n) is 4.51. The lowest BCUT2D eigenvalue weighted by molar-refractivity contribution is 0.601. The van der Waals surface area contributed by atoms with Crippen molar-refractivity contribution in [1.29, 1.82) is 0 Å². The molecule has 1 heterocycles. The highest BCUT2D eigenvalue weighted by Crippen LogP contribution is 2.24. The summed E-state index contributed by atoms with van der Waals surface area (Å²) in [5.74, 6) is 0. The van der Waals surface area contributed by atoms with Crippen LogP contribution in [0.4, 0.5) is 5.69 Å². The monoisotopic (exact) mass is 447 g/mol. The molecule has 0 bridgehead atoms. The second-order valence-corrected chi connectivity index (χ2v) is 9.03. The molecule has 1 N–H and O–H groups in total. The lowest BCUT2D eigenvalue weighted by atomic mass is 10.2. The van der Waals surface area contributed by atoms with Crippen molar-refractivity contribution in [3.63, 3.8) is 0 Å². The molecule has 2 aromatic carbocycles. The molecule has 0 saturated carbocycles. The number of sulfonamides is 1. The molecule has 3 rings (SSSR count). The second kappa shape index (κ2) is 7.86. The predicted molar refractivity (Wildman–Crippen MR) is 112 cm³/mol. The maximum atomic E-state index is 12.8. The van der Waals surface area contributed by atoms with Crippen molar-refractivity contribution in [2.75, 3.05) is 4.72 Å². The van der Waals surface area contributed by atoms with Crippen LogP contribution in [-0.4, -0.2) is 18.2 Å². The first kappa shape index (κ1) is 19.6. The number of nitrogens with zero attached hydrogens (tertiary/aromatic N) is 2. The minimum Gasteiger partial charge on any atom is -0.276 e. The molecule has 0 unspecified atom stereocenters. The summed E-state index contributed by atoms with van der Waals surface area (Å²) < 4.78 is 31.1. The predicted octanol–water partition coefficient (Wildman–Crippen LogP) is 4.67. The van der Waals surface area contributed by atoms with Crippen molar-refractivity contribution in [2.45, 2.75) is 38.6 Å². The zero-order valence-electron chi connectivity index (χ0n) is 15.5. The van der Waals surface area contributed by atoms with Crippen LogP contribution in [0.2, 0.25) is 0 Å². The van der Waals surface area contributed by atoms with Gasteiger partial charge in [0, 0.05) is 4.47 Å². The van der Waals surface area contributed by atoms with E-state index in [0.29, 0.717) is 17.9 Å². The normalized spacial score (nSPS) is 11.6. The van der Waals surface area contributed by atoms with Crippen LogP contribution in [0.3, 0.4) is 0 Å². The average Bonchev–Trinajstić information content (AvgIpc) is 2.91. The Morgan fingerprint density at radius 3 is 2.19 bits per heavy atom. The van der Waals surface area contributed by atoms with Gasteiger partial charge in [-0.15, -0.1) is 0 Å². The highest BCUT2D eigenvalue weighted by atomic mass is 79.9. The van der Waals surface area contributed by atoms with E-state index in [1.165, 1.54) is 0 Å². The maximum Gasteiger partial charge on any atom is 0.262 e. The van der Waals surface area contributed by atoms with Gasteiger partial charge in [0.2, 0.25) is 0 Å². The number of halogens is 1. The molecule has 3 aromatic rings. The molecule has 142 valence electrons. The van der Waals surface area contributed by atoms with Gasteiger partial charge in [-0.3, -0.25) is 9.40 Å². The Morgan fingerprint density at radius 2 is 1.59 bits per heavy atom. The molecule has 0 atom stereocenters. The van der Waals surface area contributed by atoms with E-state index in [0.717, 1.165) is 27.7 Å². The molecule has 0 radical (unpaired) electrons. The molecule has 0 fully saturated rings. The smallest absolute Gasteiger partial charge is 0.262 e. The van der Waals surface area contributed by atoms with Gasteiger partial charge < -0.3 is 0 Å². The van der Waals surface area contributed by atoms with Crippen molar-refractivity contribution in [1.82, 2.24) is 9.78 Å². The van der Waals surface area contributed by atoms with Crippen LogP contribution >= 0.6 is 15.9 Å². The lowest BCUT2D eigenvalue weighted by Crippen LogP contribution is -2.14. The van der Waals surface area contributed by atoms with Gasteiger partial charge in [-0.2, -0.15) is 5.10 Å². The van der Waals surface area contributed by atoms with Crippen LogP contribution in [0.25, 0.3) is 0 Å². The molecule has 0 aliphatic rings. The Bertz CT molecular complexity index is 1040. The first-order valence-electron chi connectivity index (χ1n) is 8.70.